The van der Waals surface area contributed by atoms with Gasteiger partial charge in [0.25, 0.3) is 0 Å². The highest BCUT2D eigenvalue weighted by molar-refractivity contribution is 5.71. The second kappa shape index (κ2) is 9.36. The molecule has 0 amide bonds. The predicted molar refractivity (Wildman–Crippen MR) is 145 cm³/mol. The molecular formula is C30H32N6. The molecule has 4 heterocycles. The lowest BCUT2D eigenvalue weighted by atomic mass is 9.97. The van der Waals surface area contributed by atoms with Gasteiger partial charge in [-0.05, 0) is 98.7 Å². The highest BCUT2D eigenvalue weighted by atomic mass is 15.3. The van der Waals surface area contributed by atoms with Gasteiger partial charge in [-0.3, -0.25) is 0 Å². The number of fused-ring (bicyclic) bond motifs is 1. The van der Waals surface area contributed by atoms with Gasteiger partial charge in [-0.25, -0.2) is 14.6 Å². The molecule has 0 bridgehead atoms. The van der Waals surface area contributed by atoms with Crippen LogP contribution in [-0.2, 0) is 6.42 Å². The molecule has 1 atom stereocenters. The number of anilines is 1. The molecule has 0 saturated carbocycles. The quantitative estimate of drug-likeness (QED) is 0.385. The third-order valence-electron chi connectivity index (χ3n) is 7.55. The molecule has 36 heavy (non-hydrogen) atoms. The van der Waals surface area contributed by atoms with E-state index in [0.29, 0.717) is 0 Å². The van der Waals surface area contributed by atoms with Gasteiger partial charge in [0.1, 0.15) is 5.82 Å². The van der Waals surface area contributed by atoms with Crippen LogP contribution in [-0.4, -0.2) is 32.8 Å². The minimum absolute atomic E-state index is 0.200. The van der Waals surface area contributed by atoms with Gasteiger partial charge in [0.2, 0.25) is 0 Å². The monoisotopic (exact) mass is 476 g/mol. The molecule has 182 valence electrons. The molecule has 4 aromatic rings. The second-order valence-corrected chi connectivity index (χ2v) is 9.83. The average molecular weight is 477 g/mol. The molecule has 1 aromatic carbocycles. The van der Waals surface area contributed by atoms with Gasteiger partial charge in [-0.1, -0.05) is 30.3 Å². The van der Waals surface area contributed by atoms with E-state index in [-0.39, 0.29) is 6.04 Å². The van der Waals surface area contributed by atoms with E-state index >= 15 is 0 Å². The van der Waals surface area contributed by atoms with Crippen molar-refractivity contribution in [2.24, 2.45) is 0 Å². The molecule has 2 aliphatic rings. The SMILES string of the molecule is Cc1cnn(-c2cccc(-c3cccc4c3C(Nc3ccc(C5=CCNCC5)c(C)n3)CC4)n2)c1C. The molecule has 0 radical (unpaired) electrons. The Hall–Kier alpha value is -3.77. The summed E-state index contributed by atoms with van der Waals surface area (Å²) in [5, 5.41) is 11.7. The van der Waals surface area contributed by atoms with Crippen molar-refractivity contribution < 1.29 is 0 Å². The highest BCUT2D eigenvalue weighted by Gasteiger charge is 2.27. The van der Waals surface area contributed by atoms with Crippen LogP contribution in [0.1, 0.15) is 52.5 Å². The number of hydrogen-bond donors (Lipinski definition) is 2. The average Bonchev–Trinajstić information content (AvgIpc) is 3.47. The summed E-state index contributed by atoms with van der Waals surface area (Å²) in [4.78, 5) is 9.98. The van der Waals surface area contributed by atoms with Crippen LogP contribution in [0, 0.1) is 20.8 Å². The van der Waals surface area contributed by atoms with Gasteiger partial charge in [0, 0.05) is 23.5 Å². The van der Waals surface area contributed by atoms with E-state index in [9.17, 15) is 0 Å². The van der Waals surface area contributed by atoms with Crippen LogP contribution < -0.4 is 10.6 Å². The molecule has 1 aliphatic carbocycles. The minimum atomic E-state index is 0.200. The van der Waals surface area contributed by atoms with Crippen LogP contribution in [0.15, 0.2) is 60.8 Å². The lowest BCUT2D eigenvalue weighted by Gasteiger charge is -2.20. The number of rotatable bonds is 5. The molecule has 0 saturated heterocycles. The predicted octanol–water partition coefficient (Wildman–Crippen LogP) is 5.73. The van der Waals surface area contributed by atoms with Crippen molar-refractivity contribution in [3.05, 3.63) is 94.4 Å². The standard InChI is InChI=1S/C30H32N6/c1-19-18-32-36(21(19)3)29-9-5-8-26(35-29)25-7-4-6-23-10-12-27(30(23)25)34-28-13-11-24(20(2)33-28)22-14-16-31-17-15-22/h4-9,11,13-14,18,27,31H,10,12,15-17H2,1-3H3,(H,33,34). The van der Waals surface area contributed by atoms with E-state index in [1.165, 1.54) is 27.8 Å². The number of pyridine rings is 2. The molecule has 0 fully saturated rings. The first-order chi connectivity index (χ1) is 17.6. The molecule has 6 nitrogen and oxygen atoms in total. The Balaban J connectivity index is 1.32. The lowest BCUT2D eigenvalue weighted by molar-refractivity contribution is 0.737. The Morgan fingerprint density at radius 3 is 2.61 bits per heavy atom. The zero-order valence-corrected chi connectivity index (χ0v) is 21.2. The Kier molecular flexibility index (Phi) is 5.89. The summed E-state index contributed by atoms with van der Waals surface area (Å²) in [6.45, 7) is 8.24. The van der Waals surface area contributed by atoms with E-state index in [1.54, 1.807) is 0 Å². The van der Waals surface area contributed by atoms with E-state index in [4.69, 9.17) is 9.97 Å². The van der Waals surface area contributed by atoms with Crippen molar-refractivity contribution in [2.45, 2.75) is 46.1 Å². The summed E-state index contributed by atoms with van der Waals surface area (Å²) < 4.78 is 1.92. The third kappa shape index (κ3) is 4.11. The number of aryl methyl sites for hydroxylation is 3. The molecule has 1 unspecified atom stereocenters. The van der Waals surface area contributed by atoms with Crippen LogP contribution in [0.5, 0.6) is 0 Å². The van der Waals surface area contributed by atoms with E-state index in [2.05, 4.69) is 85.0 Å². The van der Waals surface area contributed by atoms with Gasteiger partial charge in [0.05, 0.1) is 17.9 Å². The Morgan fingerprint density at radius 1 is 0.944 bits per heavy atom. The topological polar surface area (TPSA) is 67.7 Å². The number of hydrogen-bond acceptors (Lipinski definition) is 5. The molecule has 6 rings (SSSR count). The molecule has 2 N–H and O–H groups in total. The summed E-state index contributed by atoms with van der Waals surface area (Å²) in [6.07, 6.45) is 7.33. The van der Waals surface area contributed by atoms with Crippen LogP contribution in [0.25, 0.3) is 22.6 Å². The lowest BCUT2D eigenvalue weighted by Crippen LogP contribution is -2.20. The number of nitrogens with one attached hydrogen (secondary N) is 2. The smallest absolute Gasteiger partial charge is 0.154 e. The van der Waals surface area contributed by atoms with E-state index in [1.807, 2.05) is 16.9 Å². The zero-order valence-electron chi connectivity index (χ0n) is 21.2. The molecular weight excluding hydrogens is 444 g/mol. The Morgan fingerprint density at radius 2 is 1.83 bits per heavy atom. The normalized spacial score (nSPS) is 17.1. The van der Waals surface area contributed by atoms with Gasteiger partial charge in [0.15, 0.2) is 5.82 Å². The summed E-state index contributed by atoms with van der Waals surface area (Å²) in [7, 11) is 0. The van der Waals surface area contributed by atoms with Crippen molar-refractivity contribution in [3.63, 3.8) is 0 Å². The van der Waals surface area contributed by atoms with Gasteiger partial charge < -0.3 is 10.6 Å². The maximum Gasteiger partial charge on any atom is 0.154 e. The number of benzene rings is 1. The number of aromatic nitrogens is 4. The van der Waals surface area contributed by atoms with Gasteiger partial charge in [-0.15, -0.1) is 0 Å². The first-order valence-electron chi connectivity index (χ1n) is 12.8. The Bertz CT molecular complexity index is 1460. The first kappa shape index (κ1) is 22.7. The fourth-order valence-electron chi connectivity index (χ4n) is 5.49. The van der Waals surface area contributed by atoms with Crippen molar-refractivity contribution in [2.75, 3.05) is 18.4 Å². The van der Waals surface area contributed by atoms with Crippen LogP contribution >= 0.6 is 0 Å². The highest BCUT2D eigenvalue weighted by Crippen LogP contribution is 2.40. The first-order valence-corrected chi connectivity index (χ1v) is 12.8. The summed E-state index contributed by atoms with van der Waals surface area (Å²) in [6, 6.07) is 17.3. The molecule has 0 spiro atoms. The maximum atomic E-state index is 5.03. The summed E-state index contributed by atoms with van der Waals surface area (Å²) in [5.41, 5.74) is 10.9. The Labute approximate surface area is 212 Å². The largest absolute Gasteiger partial charge is 0.363 e. The van der Waals surface area contributed by atoms with Crippen LogP contribution in [0.4, 0.5) is 5.82 Å². The fourth-order valence-corrected chi connectivity index (χ4v) is 5.49. The summed E-state index contributed by atoms with van der Waals surface area (Å²) >= 11 is 0. The molecule has 1 aliphatic heterocycles. The zero-order chi connectivity index (χ0) is 24.6. The van der Waals surface area contributed by atoms with Crippen molar-refractivity contribution in [1.82, 2.24) is 25.1 Å². The van der Waals surface area contributed by atoms with Crippen LogP contribution in [0.2, 0.25) is 0 Å². The van der Waals surface area contributed by atoms with Crippen molar-refractivity contribution in [3.8, 4) is 17.1 Å². The second-order valence-electron chi connectivity index (χ2n) is 9.83. The fraction of sp³-hybridized carbons (Fsp3) is 0.300. The summed E-state index contributed by atoms with van der Waals surface area (Å²) in [5.74, 6) is 1.78. The van der Waals surface area contributed by atoms with E-state index < -0.39 is 0 Å². The number of nitrogens with zero attached hydrogens (tertiary/aromatic N) is 4. The van der Waals surface area contributed by atoms with Crippen LogP contribution in [0.3, 0.4) is 0 Å². The van der Waals surface area contributed by atoms with Crippen molar-refractivity contribution >= 4 is 11.4 Å². The molecule has 6 heteroatoms. The van der Waals surface area contributed by atoms with Gasteiger partial charge >= 0.3 is 0 Å². The minimum Gasteiger partial charge on any atom is -0.363 e. The van der Waals surface area contributed by atoms with Crippen molar-refractivity contribution in [1.29, 1.82) is 0 Å². The van der Waals surface area contributed by atoms with Gasteiger partial charge in [-0.2, -0.15) is 5.10 Å². The third-order valence-corrected chi connectivity index (χ3v) is 7.55. The maximum absolute atomic E-state index is 5.03. The van der Waals surface area contributed by atoms with E-state index in [0.717, 1.165) is 66.6 Å². The molecule has 3 aromatic heterocycles.